The Morgan fingerprint density at radius 3 is 2.79 bits per heavy atom. The highest BCUT2D eigenvalue weighted by atomic mass is 19.1. The third kappa shape index (κ3) is 1.66. The molecular formula is C8H7FN2O3. The normalized spacial score (nSPS) is 9.71. The van der Waals surface area contributed by atoms with Gasteiger partial charge in [-0.2, -0.15) is 4.39 Å². The first kappa shape index (κ1) is 10.1. The minimum absolute atomic E-state index is 0.0468. The maximum atomic E-state index is 12.8. The Morgan fingerprint density at radius 1 is 1.57 bits per heavy atom. The van der Waals surface area contributed by atoms with Crippen molar-refractivity contribution in [2.45, 2.75) is 13.0 Å². The fraction of sp³-hybridized carbons (Fsp3) is 0.250. The van der Waals surface area contributed by atoms with Crippen LogP contribution in [0, 0.1) is 18.2 Å². The first-order valence-electron chi connectivity index (χ1n) is 3.73. The molecule has 0 aliphatic rings. The van der Waals surface area contributed by atoms with Gasteiger partial charge in [0.1, 0.15) is 0 Å². The van der Waals surface area contributed by atoms with E-state index in [9.17, 15) is 14.0 Å². The van der Waals surface area contributed by atoms with Crippen LogP contribution in [0.5, 0.6) is 5.88 Å². The van der Waals surface area contributed by atoms with Gasteiger partial charge >= 0.3 is 5.69 Å². The molecule has 14 heavy (non-hydrogen) atoms. The van der Waals surface area contributed by atoms with E-state index in [1.807, 2.05) is 0 Å². The van der Waals surface area contributed by atoms with Gasteiger partial charge in [0.15, 0.2) is 0 Å². The lowest BCUT2D eigenvalue weighted by atomic mass is 10.4. The summed E-state index contributed by atoms with van der Waals surface area (Å²) >= 11 is 0. The number of nitrogens with one attached hydrogen (secondary N) is 1. The molecule has 0 radical (unpaired) electrons. The van der Waals surface area contributed by atoms with Crippen molar-refractivity contribution in [3.8, 4) is 18.2 Å². The number of hydrogen-bond acceptors (Lipinski definition) is 3. The zero-order valence-electron chi connectivity index (χ0n) is 7.08. The van der Waals surface area contributed by atoms with Crippen molar-refractivity contribution in [2.24, 2.45) is 0 Å². The number of nitrogens with zero attached hydrogens (tertiary/aromatic N) is 1. The summed E-state index contributed by atoms with van der Waals surface area (Å²) in [5, 5.41) is 9.09. The first-order chi connectivity index (χ1) is 6.57. The third-order valence-electron chi connectivity index (χ3n) is 1.60. The summed E-state index contributed by atoms with van der Waals surface area (Å²) in [5.74, 6) is -0.160. The molecule has 0 saturated heterocycles. The summed E-state index contributed by atoms with van der Waals surface area (Å²) in [5.41, 5.74) is -2.13. The van der Waals surface area contributed by atoms with Crippen molar-refractivity contribution in [3.05, 3.63) is 26.7 Å². The van der Waals surface area contributed by atoms with Crippen LogP contribution in [0.4, 0.5) is 4.39 Å². The average molecular weight is 198 g/mol. The van der Waals surface area contributed by atoms with Gasteiger partial charge in [0.2, 0.25) is 11.7 Å². The number of aromatic nitrogens is 2. The zero-order valence-corrected chi connectivity index (χ0v) is 7.08. The van der Waals surface area contributed by atoms with Crippen LogP contribution in [-0.4, -0.2) is 14.7 Å². The Hall–Kier alpha value is -2.03. The van der Waals surface area contributed by atoms with Gasteiger partial charge in [0.05, 0.1) is 0 Å². The molecule has 0 unspecified atom stereocenters. The van der Waals surface area contributed by atoms with Crippen molar-refractivity contribution in [2.75, 3.05) is 0 Å². The van der Waals surface area contributed by atoms with Crippen LogP contribution in [-0.2, 0) is 6.54 Å². The predicted molar refractivity (Wildman–Crippen MR) is 46.4 cm³/mol. The smallest absolute Gasteiger partial charge is 0.331 e. The number of rotatable bonds is 2. The van der Waals surface area contributed by atoms with E-state index in [1.54, 1.807) is 4.98 Å². The Morgan fingerprint density at radius 2 is 2.21 bits per heavy atom. The molecule has 0 amide bonds. The lowest BCUT2D eigenvalue weighted by Gasteiger charge is -2.04. The summed E-state index contributed by atoms with van der Waals surface area (Å²) in [6, 6.07) is 0. The molecule has 74 valence electrons. The minimum Gasteiger partial charge on any atom is -0.492 e. The molecule has 5 nitrogen and oxygen atoms in total. The molecule has 0 aromatic carbocycles. The van der Waals surface area contributed by atoms with Gasteiger partial charge in [-0.25, -0.2) is 4.79 Å². The summed E-state index contributed by atoms with van der Waals surface area (Å²) in [6.07, 6.45) is 5.08. The summed E-state index contributed by atoms with van der Waals surface area (Å²) in [4.78, 5) is 23.4. The van der Waals surface area contributed by atoms with Crippen molar-refractivity contribution in [1.29, 1.82) is 0 Å². The minimum atomic E-state index is -1.39. The van der Waals surface area contributed by atoms with Crippen LogP contribution in [0.1, 0.15) is 6.42 Å². The van der Waals surface area contributed by atoms with Crippen LogP contribution in [0.2, 0.25) is 0 Å². The van der Waals surface area contributed by atoms with Crippen LogP contribution in [0.25, 0.3) is 0 Å². The number of aromatic amines is 1. The highest BCUT2D eigenvalue weighted by molar-refractivity contribution is 5.09. The molecule has 1 heterocycles. The number of halogens is 1. The average Bonchev–Trinajstić information content (AvgIpc) is 2.14. The van der Waals surface area contributed by atoms with Gasteiger partial charge in [-0.05, 0) is 0 Å². The van der Waals surface area contributed by atoms with E-state index in [0.717, 1.165) is 0 Å². The van der Waals surface area contributed by atoms with Gasteiger partial charge in [-0.1, -0.05) is 0 Å². The van der Waals surface area contributed by atoms with Crippen LogP contribution in [0.15, 0.2) is 9.59 Å². The predicted octanol–water partition coefficient (Wildman–Crippen LogP) is -0.595. The fourth-order valence-electron chi connectivity index (χ4n) is 0.919. The largest absolute Gasteiger partial charge is 0.492 e. The Labute approximate surface area is 77.8 Å². The molecule has 1 aromatic heterocycles. The first-order valence-corrected chi connectivity index (χ1v) is 3.73. The van der Waals surface area contributed by atoms with Crippen molar-refractivity contribution < 1.29 is 9.50 Å². The number of H-pyrrole nitrogens is 1. The molecule has 0 saturated carbocycles. The van der Waals surface area contributed by atoms with E-state index < -0.39 is 22.9 Å². The Bertz CT molecular complexity index is 495. The number of aromatic hydroxyl groups is 1. The summed E-state index contributed by atoms with van der Waals surface area (Å²) in [7, 11) is 0. The van der Waals surface area contributed by atoms with Gasteiger partial charge < -0.3 is 5.11 Å². The molecular weight excluding hydrogens is 191 g/mol. The summed E-state index contributed by atoms with van der Waals surface area (Å²) in [6.45, 7) is -0.0468. The Balaban J connectivity index is 3.31. The van der Waals surface area contributed by atoms with Crippen LogP contribution >= 0.6 is 0 Å². The molecule has 0 fully saturated rings. The molecule has 0 aliphatic carbocycles. The molecule has 6 heteroatoms. The zero-order chi connectivity index (χ0) is 10.7. The van der Waals surface area contributed by atoms with Crippen LogP contribution < -0.4 is 11.2 Å². The van der Waals surface area contributed by atoms with Crippen molar-refractivity contribution in [3.63, 3.8) is 0 Å². The molecule has 0 bridgehead atoms. The highest BCUT2D eigenvalue weighted by Gasteiger charge is 2.12. The molecule has 0 spiro atoms. The standard InChI is InChI=1S/C8H7FN2O3/c1-2-3-4-11-7(13)5(9)6(12)10-8(11)14/h1,13H,3-4H2,(H,10,12,14). The highest BCUT2D eigenvalue weighted by Crippen LogP contribution is 2.07. The van der Waals surface area contributed by atoms with Crippen molar-refractivity contribution >= 4 is 0 Å². The van der Waals surface area contributed by atoms with E-state index >= 15 is 0 Å². The maximum absolute atomic E-state index is 12.8. The fourth-order valence-corrected chi connectivity index (χ4v) is 0.919. The van der Waals surface area contributed by atoms with E-state index in [1.165, 1.54) is 0 Å². The number of terminal acetylenes is 1. The topological polar surface area (TPSA) is 75.1 Å². The Kier molecular flexibility index (Phi) is 2.72. The van der Waals surface area contributed by atoms with Gasteiger partial charge in [0, 0.05) is 13.0 Å². The molecule has 0 atom stereocenters. The van der Waals surface area contributed by atoms with E-state index in [2.05, 4.69) is 5.92 Å². The van der Waals surface area contributed by atoms with Gasteiger partial charge in [-0.15, -0.1) is 12.3 Å². The lowest BCUT2D eigenvalue weighted by Crippen LogP contribution is -2.31. The van der Waals surface area contributed by atoms with E-state index in [-0.39, 0.29) is 13.0 Å². The SMILES string of the molecule is C#CCCn1c(O)c(F)c(=O)[nH]c1=O. The second-order valence-corrected chi connectivity index (χ2v) is 2.50. The third-order valence-corrected chi connectivity index (χ3v) is 1.60. The van der Waals surface area contributed by atoms with Crippen LogP contribution in [0.3, 0.4) is 0 Å². The van der Waals surface area contributed by atoms with Gasteiger partial charge in [0.25, 0.3) is 5.56 Å². The second kappa shape index (κ2) is 3.79. The van der Waals surface area contributed by atoms with Gasteiger partial charge in [-0.3, -0.25) is 14.3 Å². The molecule has 2 N–H and O–H groups in total. The van der Waals surface area contributed by atoms with E-state index in [4.69, 9.17) is 11.5 Å². The van der Waals surface area contributed by atoms with Crippen molar-refractivity contribution in [1.82, 2.24) is 9.55 Å². The number of hydrogen-bond donors (Lipinski definition) is 2. The molecule has 1 aromatic rings. The maximum Gasteiger partial charge on any atom is 0.331 e. The second-order valence-electron chi connectivity index (χ2n) is 2.50. The summed E-state index contributed by atoms with van der Waals surface area (Å²) < 4.78 is 13.5. The van der Waals surface area contributed by atoms with E-state index in [0.29, 0.717) is 4.57 Å². The molecule has 0 aliphatic heterocycles. The lowest BCUT2D eigenvalue weighted by molar-refractivity contribution is 0.361. The monoisotopic (exact) mass is 198 g/mol. The quantitative estimate of drug-likeness (QED) is 0.623. The molecule has 1 rings (SSSR count).